The predicted molar refractivity (Wildman–Crippen MR) is 71.2 cm³/mol. The molecule has 4 nitrogen and oxygen atoms in total. The Morgan fingerprint density at radius 3 is 2.78 bits per heavy atom. The van der Waals surface area contributed by atoms with E-state index >= 15 is 0 Å². The van der Waals surface area contributed by atoms with Crippen LogP contribution < -0.4 is 5.32 Å². The van der Waals surface area contributed by atoms with E-state index in [0.717, 1.165) is 13.0 Å². The highest BCUT2D eigenvalue weighted by Gasteiger charge is 2.23. The number of nitrogens with one attached hydrogen (secondary N) is 1. The number of hydrogen-bond acceptors (Lipinski definition) is 4. The van der Waals surface area contributed by atoms with Crippen molar-refractivity contribution in [2.75, 3.05) is 26.3 Å². The molecule has 0 amide bonds. The summed E-state index contributed by atoms with van der Waals surface area (Å²) in [5.74, 6) is 0.727. The molecule has 0 aliphatic heterocycles. The van der Waals surface area contributed by atoms with E-state index < -0.39 is 0 Å². The van der Waals surface area contributed by atoms with Crippen LogP contribution in [0.3, 0.4) is 0 Å². The molecule has 0 radical (unpaired) electrons. The Bertz CT molecular complexity index is 266. The van der Waals surface area contributed by atoms with Gasteiger partial charge in [0.15, 0.2) is 0 Å². The number of ether oxygens (including phenoxy) is 1. The lowest BCUT2D eigenvalue weighted by molar-refractivity contribution is -0.137. The van der Waals surface area contributed by atoms with Gasteiger partial charge < -0.3 is 15.2 Å². The molecule has 0 heterocycles. The summed E-state index contributed by atoms with van der Waals surface area (Å²) in [4.78, 5) is 11.0. The van der Waals surface area contributed by atoms with Gasteiger partial charge in [0.1, 0.15) is 0 Å². The molecule has 2 N–H and O–H groups in total. The molecule has 0 spiro atoms. The summed E-state index contributed by atoms with van der Waals surface area (Å²) in [6, 6.07) is 0. The fraction of sp³-hybridized carbons (Fsp3) is 0.786. The minimum absolute atomic E-state index is 0.287. The Balaban J connectivity index is 2.14. The average molecular weight is 255 g/mol. The molecule has 0 aromatic carbocycles. The molecule has 1 aliphatic carbocycles. The van der Waals surface area contributed by atoms with Gasteiger partial charge in [0.05, 0.1) is 6.61 Å². The monoisotopic (exact) mass is 255 g/mol. The van der Waals surface area contributed by atoms with Gasteiger partial charge in [0, 0.05) is 19.2 Å². The number of carbonyl (C=O) groups excluding carboxylic acids is 1. The van der Waals surface area contributed by atoms with Crippen molar-refractivity contribution in [3.8, 4) is 0 Å². The third-order valence-electron chi connectivity index (χ3n) is 3.51. The van der Waals surface area contributed by atoms with E-state index in [0.29, 0.717) is 31.6 Å². The van der Waals surface area contributed by atoms with E-state index in [1.165, 1.54) is 25.3 Å². The average Bonchev–Trinajstić information content (AvgIpc) is 2.39. The Labute approximate surface area is 109 Å². The maximum Gasteiger partial charge on any atom is 0.330 e. The molecule has 0 saturated heterocycles. The summed E-state index contributed by atoms with van der Waals surface area (Å²) >= 11 is 0. The molecule has 1 rings (SSSR count). The molecule has 104 valence electrons. The van der Waals surface area contributed by atoms with Gasteiger partial charge in [0.2, 0.25) is 0 Å². The first-order valence-electron chi connectivity index (χ1n) is 6.92. The number of aliphatic hydroxyl groups excluding tert-OH is 1. The fourth-order valence-electron chi connectivity index (χ4n) is 2.49. The van der Waals surface area contributed by atoms with E-state index in [-0.39, 0.29) is 5.97 Å². The van der Waals surface area contributed by atoms with Crippen molar-refractivity contribution in [3.63, 3.8) is 0 Å². The summed E-state index contributed by atoms with van der Waals surface area (Å²) < 4.78 is 4.79. The number of rotatable bonds is 7. The van der Waals surface area contributed by atoms with E-state index in [2.05, 4.69) is 5.32 Å². The van der Waals surface area contributed by atoms with Crippen LogP contribution >= 0.6 is 0 Å². The van der Waals surface area contributed by atoms with Crippen LogP contribution in [0.2, 0.25) is 0 Å². The quantitative estimate of drug-likeness (QED) is 0.411. The Hall–Kier alpha value is -0.870. The second-order valence-electron chi connectivity index (χ2n) is 4.80. The normalized spacial score (nSPS) is 24.3. The van der Waals surface area contributed by atoms with Crippen molar-refractivity contribution >= 4 is 5.97 Å². The summed E-state index contributed by atoms with van der Waals surface area (Å²) in [7, 11) is 0. The summed E-state index contributed by atoms with van der Waals surface area (Å²) in [6.07, 6.45) is 8.09. The summed E-state index contributed by atoms with van der Waals surface area (Å²) in [5, 5.41) is 12.6. The molecule has 1 aliphatic rings. The Morgan fingerprint density at radius 1 is 1.39 bits per heavy atom. The van der Waals surface area contributed by atoms with Crippen molar-refractivity contribution in [1.29, 1.82) is 0 Å². The van der Waals surface area contributed by atoms with Crippen molar-refractivity contribution in [3.05, 3.63) is 12.2 Å². The molecule has 4 heteroatoms. The third kappa shape index (κ3) is 5.65. The number of esters is 1. The molecule has 2 unspecified atom stereocenters. The van der Waals surface area contributed by atoms with E-state index in [1.807, 2.05) is 0 Å². The van der Waals surface area contributed by atoms with Gasteiger partial charge >= 0.3 is 5.97 Å². The first-order chi connectivity index (χ1) is 8.77. The van der Waals surface area contributed by atoms with E-state index in [1.54, 1.807) is 13.0 Å². The highest BCUT2D eigenvalue weighted by atomic mass is 16.5. The molecular weight excluding hydrogens is 230 g/mol. The molecule has 18 heavy (non-hydrogen) atoms. The van der Waals surface area contributed by atoms with Crippen LogP contribution in [-0.2, 0) is 9.53 Å². The lowest BCUT2D eigenvalue weighted by atomic mass is 9.79. The SMILES string of the molecule is CCOC(=O)/C=C/CNCC1CCCCC1CO. The number of hydrogen-bond donors (Lipinski definition) is 2. The van der Waals surface area contributed by atoms with Crippen LogP contribution in [0.4, 0.5) is 0 Å². The van der Waals surface area contributed by atoms with E-state index in [4.69, 9.17) is 4.74 Å². The van der Waals surface area contributed by atoms with Gasteiger partial charge in [-0.25, -0.2) is 4.79 Å². The largest absolute Gasteiger partial charge is 0.463 e. The first-order valence-corrected chi connectivity index (χ1v) is 6.92. The van der Waals surface area contributed by atoms with Gasteiger partial charge in [0.25, 0.3) is 0 Å². The topological polar surface area (TPSA) is 58.6 Å². The minimum Gasteiger partial charge on any atom is -0.463 e. The smallest absolute Gasteiger partial charge is 0.330 e. The highest BCUT2D eigenvalue weighted by molar-refractivity contribution is 5.81. The Morgan fingerprint density at radius 2 is 2.11 bits per heavy atom. The van der Waals surface area contributed by atoms with Crippen LogP contribution in [0.5, 0.6) is 0 Å². The van der Waals surface area contributed by atoms with E-state index in [9.17, 15) is 9.90 Å². The molecule has 0 aromatic rings. The molecule has 0 bridgehead atoms. The highest BCUT2D eigenvalue weighted by Crippen LogP contribution is 2.28. The fourth-order valence-corrected chi connectivity index (χ4v) is 2.49. The standard InChI is InChI=1S/C14H25NO3/c1-2-18-14(17)8-5-9-15-10-12-6-3-4-7-13(12)11-16/h5,8,12-13,15-16H,2-4,6-7,9-11H2,1H3/b8-5+. The maximum absolute atomic E-state index is 11.0. The third-order valence-corrected chi connectivity index (χ3v) is 3.51. The van der Waals surface area contributed by atoms with Crippen LogP contribution in [0.25, 0.3) is 0 Å². The minimum atomic E-state index is -0.287. The predicted octanol–water partition coefficient (Wildman–Crippen LogP) is 1.49. The van der Waals surface area contributed by atoms with Crippen LogP contribution in [0.15, 0.2) is 12.2 Å². The van der Waals surface area contributed by atoms with Gasteiger partial charge in [-0.15, -0.1) is 0 Å². The van der Waals surface area contributed by atoms with Crippen molar-refractivity contribution in [2.45, 2.75) is 32.6 Å². The Kier molecular flexibility index (Phi) is 7.69. The molecule has 0 aromatic heterocycles. The summed E-state index contributed by atoms with van der Waals surface area (Å²) in [5.41, 5.74) is 0. The molecular formula is C14H25NO3. The zero-order valence-corrected chi connectivity index (χ0v) is 11.2. The number of aliphatic hydroxyl groups is 1. The van der Waals surface area contributed by atoms with Crippen LogP contribution in [0.1, 0.15) is 32.6 Å². The molecule has 1 saturated carbocycles. The molecule has 2 atom stereocenters. The second-order valence-corrected chi connectivity index (χ2v) is 4.80. The number of carbonyl (C=O) groups is 1. The van der Waals surface area contributed by atoms with Crippen molar-refractivity contribution in [1.82, 2.24) is 5.32 Å². The first kappa shape index (κ1) is 15.2. The second kappa shape index (κ2) is 9.11. The van der Waals surface area contributed by atoms with Crippen molar-refractivity contribution < 1.29 is 14.6 Å². The maximum atomic E-state index is 11.0. The van der Waals surface area contributed by atoms with Gasteiger partial charge in [-0.1, -0.05) is 18.9 Å². The lowest BCUT2D eigenvalue weighted by Crippen LogP contribution is -2.32. The van der Waals surface area contributed by atoms with Gasteiger partial charge in [-0.2, -0.15) is 0 Å². The van der Waals surface area contributed by atoms with Gasteiger partial charge in [-0.05, 0) is 38.1 Å². The zero-order chi connectivity index (χ0) is 13.2. The van der Waals surface area contributed by atoms with Crippen molar-refractivity contribution in [2.24, 2.45) is 11.8 Å². The molecule has 1 fully saturated rings. The van der Waals surface area contributed by atoms with Crippen LogP contribution in [0, 0.1) is 11.8 Å². The summed E-state index contributed by atoms with van der Waals surface area (Å²) in [6.45, 7) is 4.09. The zero-order valence-electron chi connectivity index (χ0n) is 11.2. The lowest BCUT2D eigenvalue weighted by Gasteiger charge is -2.30. The van der Waals surface area contributed by atoms with Gasteiger partial charge in [-0.3, -0.25) is 0 Å². The van der Waals surface area contributed by atoms with Crippen LogP contribution in [-0.4, -0.2) is 37.4 Å².